The van der Waals surface area contributed by atoms with Gasteiger partial charge in [-0.2, -0.15) is 0 Å². The van der Waals surface area contributed by atoms with E-state index in [0.29, 0.717) is 11.4 Å². The van der Waals surface area contributed by atoms with Crippen molar-refractivity contribution in [2.24, 2.45) is 0 Å². The monoisotopic (exact) mass is 339 g/mol. The Bertz CT molecular complexity index is 785. The molecule has 0 fully saturated rings. The Hall–Kier alpha value is -2.06. The van der Waals surface area contributed by atoms with Crippen LogP contribution < -0.4 is 9.04 Å². The van der Waals surface area contributed by atoms with Crippen molar-refractivity contribution < 1.29 is 22.7 Å². The number of carbonyl (C=O) groups excluding carboxylic acids is 1. The van der Waals surface area contributed by atoms with Gasteiger partial charge in [0, 0.05) is 0 Å². The van der Waals surface area contributed by atoms with Gasteiger partial charge in [-0.3, -0.25) is 4.31 Å². The number of methoxy groups -OCH3 is 1. The Kier molecular flexibility index (Phi) is 3.79. The molecule has 0 saturated heterocycles. The SMILES string of the molecule is COC(=O)[C@@H]1CN(S(=O)(=O)c2cccs2)c2ccccc2O1. The second-order valence-corrected chi connectivity index (χ2v) is 7.60. The predicted octanol–water partition coefficient (Wildman–Crippen LogP) is 1.88. The minimum Gasteiger partial charge on any atom is -0.475 e. The number of thiophene rings is 1. The van der Waals surface area contributed by atoms with E-state index in [1.165, 1.54) is 17.5 Å². The van der Waals surface area contributed by atoms with Crippen LogP contribution >= 0.6 is 11.3 Å². The van der Waals surface area contributed by atoms with Gasteiger partial charge in [0.15, 0.2) is 0 Å². The van der Waals surface area contributed by atoms with Gasteiger partial charge in [0.1, 0.15) is 9.96 Å². The van der Waals surface area contributed by atoms with E-state index in [4.69, 9.17) is 4.74 Å². The highest BCUT2D eigenvalue weighted by molar-refractivity contribution is 7.94. The number of sulfonamides is 1. The number of esters is 1. The molecule has 0 saturated carbocycles. The van der Waals surface area contributed by atoms with E-state index in [9.17, 15) is 13.2 Å². The van der Waals surface area contributed by atoms with Crippen molar-refractivity contribution in [3.8, 4) is 5.75 Å². The molecule has 0 spiro atoms. The zero-order valence-corrected chi connectivity index (χ0v) is 13.3. The molecule has 116 valence electrons. The number of rotatable bonds is 3. The van der Waals surface area contributed by atoms with Crippen LogP contribution in [0.3, 0.4) is 0 Å². The second kappa shape index (κ2) is 5.62. The van der Waals surface area contributed by atoms with E-state index < -0.39 is 22.1 Å². The van der Waals surface area contributed by atoms with Gasteiger partial charge in [0.25, 0.3) is 10.0 Å². The first-order valence-electron chi connectivity index (χ1n) is 6.44. The first kappa shape index (κ1) is 14.9. The minimum absolute atomic E-state index is 0.121. The van der Waals surface area contributed by atoms with Crippen LogP contribution in [0.4, 0.5) is 5.69 Å². The highest BCUT2D eigenvalue weighted by Crippen LogP contribution is 2.37. The number of fused-ring (bicyclic) bond motifs is 1. The van der Waals surface area contributed by atoms with Crippen LogP contribution in [0.25, 0.3) is 0 Å². The van der Waals surface area contributed by atoms with Crippen LogP contribution in [-0.2, 0) is 19.6 Å². The summed E-state index contributed by atoms with van der Waals surface area (Å²) in [6.07, 6.45) is -0.991. The van der Waals surface area contributed by atoms with E-state index in [0.717, 1.165) is 11.3 Å². The van der Waals surface area contributed by atoms with Gasteiger partial charge in [-0.1, -0.05) is 18.2 Å². The van der Waals surface area contributed by atoms with Gasteiger partial charge in [0.05, 0.1) is 19.3 Å². The quantitative estimate of drug-likeness (QED) is 0.798. The molecule has 22 heavy (non-hydrogen) atoms. The lowest BCUT2D eigenvalue weighted by Crippen LogP contribution is -2.47. The average Bonchev–Trinajstić information content (AvgIpc) is 3.08. The third-order valence-electron chi connectivity index (χ3n) is 3.24. The largest absolute Gasteiger partial charge is 0.475 e. The van der Waals surface area contributed by atoms with Crippen LogP contribution in [-0.4, -0.2) is 34.1 Å². The summed E-state index contributed by atoms with van der Waals surface area (Å²) in [6, 6.07) is 9.91. The topological polar surface area (TPSA) is 72.9 Å². The third kappa shape index (κ3) is 2.44. The highest BCUT2D eigenvalue weighted by Gasteiger charge is 2.38. The lowest BCUT2D eigenvalue weighted by atomic mass is 10.2. The fourth-order valence-electron chi connectivity index (χ4n) is 2.20. The molecule has 0 unspecified atom stereocenters. The summed E-state index contributed by atoms with van der Waals surface area (Å²) in [6.45, 7) is -0.121. The fraction of sp³-hybridized carbons (Fsp3) is 0.214. The molecule has 3 rings (SSSR count). The van der Waals surface area contributed by atoms with Gasteiger partial charge in [-0.15, -0.1) is 11.3 Å². The Labute approximate surface area is 131 Å². The molecule has 1 atom stereocenters. The Morgan fingerprint density at radius 2 is 2.09 bits per heavy atom. The van der Waals surface area contributed by atoms with E-state index in [1.807, 2.05) is 0 Å². The summed E-state index contributed by atoms with van der Waals surface area (Å²) >= 11 is 1.13. The van der Waals surface area contributed by atoms with E-state index in [1.54, 1.807) is 35.7 Å². The smallest absolute Gasteiger partial charge is 0.348 e. The molecule has 6 nitrogen and oxygen atoms in total. The van der Waals surface area contributed by atoms with Gasteiger partial charge < -0.3 is 9.47 Å². The highest BCUT2D eigenvalue weighted by atomic mass is 32.2. The zero-order chi connectivity index (χ0) is 15.7. The summed E-state index contributed by atoms with van der Waals surface area (Å²) in [5, 5.41) is 1.69. The van der Waals surface area contributed by atoms with Crippen molar-refractivity contribution in [1.29, 1.82) is 0 Å². The minimum atomic E-state index is -3.74. The molecule has 8 heteroatoms. The number of ether oxygens (including phenoxy) is 2. The van der Waals surface area contributed by atoms with Crippen molar-refractivity contribution in [2.45, 2.75) is 10.3 Å². The van der Waals surface area contributed by atoms with Crippen molar-refractivity contribution in [3.05, 3.63) is 41.8 Å². The van der Waals surface area contributed by atoms with Gasteiger partial charge >= 0.3 is 5.97 Å². The average molecular weight is 339 g/mol. The summed E-state index contributed by atoms with van der Waals surface area (Å²) in [4.78, 5) is 11.8. The van der Waals surface area contributed by atoms with Gasteiger partial charge in [-0.25, -0.2) is 13.2 Å². The van der Waals surface area contributed by atoms with Crippen LogP contribution in [0.5, 0.6) is 5.75 Å². The van der Waals surface area contributed by atoms with Crippen LogP contribution in [0.1, 0.15) is 0 Å². The summed E-state index contributed by atoms with van der Waals surface area (Å²) in [5.74, 6) is -0.273. The van der Waals surface area contributed by atoms with Crippen molar-refractivity contribution in [1.82, 2.24) is 0 Å². The molecule has 0 amide bonds. The lowest BCUT2D eigenvalue weighted by molar-refractivity contribution is -0.148. The summed E-state index contributed by atoms with van der Waals surface area (Å²) < 4.78 is 37.2. The Morgan fingerprint density at radius 3 is 2.77 bits per heavy atom. The molecule has 0 bridgehead atoms. The van der Waals surface area contributed by atoms with Crippen LogP contribution in [0.15, 0.2) is 46.0 Å². The van der Waals surface area contributed by atoms with E-state index in [-0.39, 0.29) is 10.8 Å². The van der Waals surface area contributed by atoms with E-state index >= 15 is 0 Å². The number of benzene rings is 1. The van der Waals surface area contributed by atoms with Crippen molar-refractivity contribution in [2.75, 3.05) is 18.0 Å². The summed E-state index contributed by atoms with van der Waals surface area (Å²) in [7, 11) is -2.50. The van der Waals surface area contributed by atoms with Gasteiger partial charge in [0.2, 0.25) is 6.10 Å². The number of anilines is 1. The molecular weight excluding hydrogens is 326 g/mol. The van der Waals surface area contributed by atoms with Crippen molar-refractivity contribution in [3.63, 3.8) is 0 Å². The van der Waals surface area contributed by atoms with Crippen LogP contribution in [0, 0.1) is 0 Å². The molecule has 2 heterocycles. The Morgan fingerprint density at radius 1 is 1.32 bits per heavy atom. The maximum absolute atomic E-state index is 12.8. The molecule has 1 aromatic carbocycles. The van der Waals surface area contributed by atoms with Gasteiger partial charge in [-0.05, 0) is 23.6 Å². The van der Waals surface area contributed by atoms with Crippen molar-refractivity contribution >= 4 is 33.0 Å². The Balaban J connectivity index is 2.08. The molecule has 1 aliphatic rings. The third-order valence-corrected chi connectivity index (χ3v) is 6.39. The maximum atomic E-state index is 12.8. The number of carbonyl (C=O) groups is 1. The first-order chi connectivity index (χ1) is 10.5. The maximum Gasteiger partial charge on any atom is 0.348 e. The number of para-hydroxylation sites is 2. The molecule has 1 aliphatic heterocycles. The van der Waals surface area contributed by atoms with Crippen LogP contribution in [0.2, 0.25) is 0 Å². The normalized spacial score (nSPS) is 17.5. The zero-order valence-electron chi connectivity index (χ0n) is 11.6. The second-order valence-electron chi connectivity index (χ2n) is 4.57. The molecule has 0 aliphatic carbocycles. The number of hydrogen-bond acceptors (Lipinski definition) is 6. The van der Waals surface area contributed by atoms with E-state index in [2.05, 4.69) is 4.74 Å². The number of nitrogens with zero attached hydrogens (tertiary/aromatic N) is 1. The lowest BCUT2D eigenvalue weighted by Gasteiger charge is -2.33. The number of hydrogen-bond donors (Lipinski definition) is 0. The first-order valence-corrected chi connectivity index (χ1v) is 8.76. The molecular formula is C14H13NO5S2. The fourth-order valence-corrected chi connectivity index (χ4v) is 4.78. The molecule has 0 N–H and O–H groups in total. The molecule has 2 aromatic rings. The summed E-state index contributed by atoms with van der Waals surface area (Å²) in [5.41, 5.74) is 0.413. The molecule has 0 radical (unpaired) electrons. The standard InChI is InChI=1S/C14H13NO5S2/c1-19-14(16)12-9-15(10-5-2-3-6-11(10)20-12)22(17,18)13-7-4-8-21-13/h2-8,12H,9H2,1H3/t12-/m0/s1. The molecule has 1 aromatic heterocycles. The predicted molar refractivity (Wildman–Crippen MR) is 81.7 cm³/mol.